The number of nitrogens with zero attached hydrogens (tertiary/aromatic N) is 1. The second kappa shape index (κ2) is 5.53. The molecule has 0 spiro atoms. The summed E-state index contributed by atoms with van der Waals surface area (Å²) in [5.74, 6) is 0.745. The van der Waals surface area contributed by atoms with Gasteiger partial charge in [-0.2, -0.15) is 0 Å². The van der Waals surface area contributed by atoms with E-state index in [0.717, 1.165) is 6.54 Å². The van der Waals surface area contributed by atoms with Crippen molar-refractivity contribution in [2.75, 3.05) is 26.2 Å². The minimum Gasteiger partial charge on any atom is -0.492 e. The highest BCUT2D eigenvalue weighted by molar-refractivity contribution is 5.94. The summed E-state index contributed by atoms with van der Waals surface area (Å²) < 4.78 is 5.52. The van der Waals surface area contributed by atoms with Gasteiger partial charge in [0.25, 0.3) is 0 Å². The number of urea groups is 1. The van der Waals surface area contributed by atoms with Crippen LogP contribution in [0.2, 0.25) is 0 Å². The zero-order valence-corrected chi connectivity index (χ0v) is 10.3. The second-order valence-corrected chi connectivity index (χ2v) is 4.15. The van der Waals surface area contributed by atoms with Gasteiger partial charge in [-0.25, -0.2) is 4.79 Å². The third-order valence-corrected chi connectivity index (χ3v) is 2.84. The Hall–Kier alpha value is -2.04. The van der Waals surface area contributed by atoms with Gasteiger partial charge in [-0.1, -0.05) is 0 Å². The van der Waals surface area contributed by atoms with Crippen LogP contribution in [0.4, 0.5) is 4.79 Å². The van der Waals surface area contributed by atoms with Crippen LogP contribution in [-0.2, 0) is 0 Å². The molecule has 0 atom stereocenters. The number of carbonyl (C=O) groups is 2. The molecule has 0 bridgehead atoms. The third-order valence-electron chi connectivity index (χ3n) is 2.84. The van der Waals surface area contributed by atoms with Crippen molar-refractivity contribution in [1.82, 2.24) is 10.2 Å². The van der Waals surface area contributed by atoms with Crippen LogP contribution in [0.25, 0.3) is 0 Å². The molecule has 1 aliphatic rings. The van der Waals surface area contributed by atoms with Crippen molar-refractivity contribution in [2.45, 2.75) is 6.92 Å². The van der Waals surface area contributed by atoms with Crippen LogP contribution < -0.4 is 10.1 Å². The summed E-state index contributed by atoms with van der Waals surface area (Å²) in [7, 11) is 0. The zero-order chi connectivity index (χ0) is 13.0. The Balaban J connectivity index is 1.79. The molecule has 1 N–H and O–H groups in total. The van der Waals surface area contributed by atoms with Gasteiger partial charge in [0.05, 0.1) is 6.54 Å². The average Bonchev–Trinajstić information content (AvgIpc) is 2.76. The summed E-state index contributed by atoms with van der Waals surface area (Å²) in [6.45, 7) is 3.98. The van der Waals surface area contributed by atoms with E-state index in [-0.39, 0.29) is 11.8 Å². The molecule has 0 saturated carbocycles. The van der Waals surface area contributed by atoms with Crippen molar-refractivity contribution in [3.63, 3.8) is 0 Å². The van der Waals surface area contributed by atoms with E-state index in [1.54, 1.807) is 29.2 Å². The van der Waals surface area contributed by atoms with E-state index >= 15 is 0 Å². The number of ketones is 1. The molecular weight excluding hydrogens is 232 g/mol. The minimum absolute atomic E-state index is 0.0365. The lowest BCUT2D eigenvalue weighted by Crippen LogP contribution is -2.31. The number of amides is 2. The van der Waals surface area contributed by atoms with Gasteiger partial charge in [0.2, 0.25) is 0 Å². The molecule has 2 amide bonds. The monoisotopic (exact) mass is 248 g/mol. The number of hydrogen-bond acceptors (Lipinski definition) is 3. The summed E-state index contributed by atoms with van der Waals surface area (Å²) in [4.78, 5) is 24.1. The first kappa shape index (κ1) is 12.4. The van der Waals surface area contributed by atoms with Crippen molar-refractivity contribution < 1.29 is 14.3 Å². The smallest absolute Gasteiger partial charge is 0.317 e. The molecule has 96 valence electrons. The Morgan fingerprint density at radius 2 is 2.11 bits per heavy atom. The Morgan fingerprint density at radius 3 is 2.67 bits per heavy atom. The van der Waals surface area contributed by atoms with Gasteiger partial charge in [-0.15, -0.1) is 0 Å². The molecule has 5 heteroatoms. The molecule has 0 aliphatic carbocycles. The van der Waals surface area contributed by atoms with E-state index < -0.39 is 0 Å². The molecule has 0 aromatic heterocycles. The Labute approximate surface area is 106 Å². The lowest BCUT2D eigenvalue weighted by molar-refractivity contribution is 0.101. The van der Waals surface area contributed by atoms with E-state index in [4.69, 9.17) is 4.74 Å². The maximum absolute atomic E-state index is 11.3. The van der Waals surface area contributed by atoms with E-state index in [9.17, 15) is 9.59 Å². The number of carbonyl (C=O) groups excluding carboxylic acids is 2. The molecule has 1 aromatic carbocycles. The zero-order valence-electron chi connectivity index (χ0n) is 10.3. The first-order valence-corrected chi connectivity index (χ1v) is 5.93. The molecule has 1 heterocycles. The quantitative estimate of drug-likeness (QED) is 0.799. The lowest BCUT2D eigenvalue weighted by Gasteiger charge is -2.14. The Kier molecular flexibility index (Phi) is 3.82. The predicted octanol–water partition coefficient (Wildman–Crippen LogP) is 1.29. The largest absolute Gasteiger partial charge is 0.492 e. The molecule has 1 aliphatic heterocycles. The van der Waals surface area contributed by atoms with Gasteiger partial charge in [0.15, 0.2) is 5.78 Å². The maximum atomic E-state index is 11.3. The fraction of sp³-hybridized carbons (Fsp3) is 0.385. The predicted molar refractivity (Wildman–Crippen MR) is 66.9 cm³/mol. The van der Waals surface area contributed by atoms with Gasteiger partial charge in [-0.3, -0.25) is 4.79 Å². The standard InChI is InChI=1S/C13H16N2O3/c1-10(16)11-2-4-12(5-3-11)18-9-8-15-7-6-14-13(15)17/h2-5H,6-9H2,1H3,(H,14,17). The van der Waals surface area contributed by atoms with E-state index in [0.29, 0.717) is 31.0 Å². The summed E-state index contributed by atoms with van der Waals surface area (Å²) >= 11 is 0. The summed E-state index contributed by atoms with van der Waals surface area (Å²) in [5, 5.41) is 2.73. The SMILES string of the molecule is CC(=O)c1ccc(OCCN2CCNC2=O)cc1. The van der Waals surface area contributed by atoms with Crippen LogP contribution in [-0.4, -0.2) is 43.0 Å². The topological polar surface area (TPSA) is 58.6 Å². The molecule has 0 radical (unpaired) electrons. The molecule has 1 saturated heterocycles. The molecule has 18 heavy (non-hydrogen) atoms. The molecule has 1 aromatic rings. The molecular formula is C13H16N2O3. The van der Waals surface area contributed by atoms with Crippen LogP contribution in [0.15, 0.2) is 24.3 Å². The highest BCUT2D eigenvalue weighted by Gasteiger charge is 2.18. The second-order valence-electron chi connectivity index (χ2n) is 4.15. The highest BCUT2D eigenvalue weighted by Crippen LogP contribution is 2.12. The van der Waals surface area contributed by atoms with E-state index in [1.807, 2.05) is 0 Å². The van der Waals surface area contributed by atoms with Gasteiger partial charge >= 0.3 is 6.03 Å². The summed E-state index contributed by atoms with van der Waals surface area (Å²) in [6, 6.07) is 6.97. The lowest BCUT2D eigenvalue weighted by atomic mass is 10.1. The molecule has 2 rings (SSSR count). The number of nitrogens with one attached hydrogen (secondary N) is 1. The first-order chi connectivity index (χ1) is 8.66. The fourth-order valence-corrected chi connectivity index (χ4v) is 1.78. The number of ether oxygens (including phenoxy) is 1. The summed E-state index contributed by atoms with van der Waals surface area (Å²) in [5.41, 5.74) is 0.668. The van der Waals surface area contributed by atoms with Gasteiger partial charge in [0, 0.05) is 18.7 Å². The molecule has 1 fully saturated rings. The fourth-order valence-electron chi connectivity index (χ4n) is 1.78. The van der Waals surface area contributed by atoms with Crippen molar-refractivity contribution in [2.24, 2.45) is 0 Å². The summed E-state index contributed by atoms with van der Waals surface area (Å²) in [6.07, 6.45) is 0. The van der Waals surface area contributed by atoms with Gasteiger partial charge in [0.1, 0.15) is 12.4 Å². The van der Waals surface area contributed by atoms with E-state index in [1.165, 1.54) is 6.92 Å². The molecule has 5 nitrogen and oxygen atoms in total. The van der Waals surface area contributed by atoms with E-state index in [2.05, 4.69) is 5.32 Å². The number of hydrogen-bond donors (Lipinski definition) is 1. The van der Waals surface area contributed by atoms with Crippen molar-refractivity contribution >= 4 is 11.8 Å². The van der Waals surface area contributed by atoms with Crippen LogP contribution in [0.5, 0.6) is 5.75 Å². The van der Waals surface area contributed by atoms with Crippen LogP contribution >= 0.6 is 0 Å². The third kappa shape index (κ3) is 3.00. The highest BCUT2D eigenvalue weighted by atomic mass is 16.5. The van der Waals surface area contributed by atoms with Gasteiger partial charge in [-0.05, 0) is 31.2 Å². The maximum Gasteiger partial charge on any atom is 0.317 e. The van der Waals surface area contributed by atoms with Crippen LogP contribution in [0.3, 0.4) is 0 Å². The number of Topliss-reactive ketones (excluding diaryl/α,β-unsaturated/α-hetero) is 1. The Morgan fingerprint density at radius 1 is 1.39 bits per heavy atom. The number of benzene rings is 1. The van der Waals surface area contributed by atoms with Crippen molar-refractivity contribution in [1.29, 1.82) is 0 Å². The number of rotatable bonds is 5. The first-order valence-electron chi connectivity index (χ1n) is 5.93. The minimum atomic E-state index is -0.0365. The average molecular weight is 248 g/mol. The van der Waals surface area contributed by atoms with Crippen molar-refractivity contribution in [3.05, 3.63) is 29.8 Å². The van der Waals surface area contributed by atoms with Gasteiger partial charge < -0.3 is 15.0 Å². The van der Waals surface area contributed by atoms with Crippen molar-refractivity contribution in [3.8, 4) is 5.75 Å². The Bertz CT molecular complexity index is 442. The van der Waals surface area contributed by atoms with Crippen LogP contribution in [0.1, 0.15) is 17.3 Å². The van der Waals surface area contributed by atoms with Crippen LogP contribution in [0, 0.1) is 0 Å². The molecule has 0 unspecified atom stereocenters. The normalized spacial score (nSPS) is 14.5.